The number of anilines is 1. The van der Waals surface area contributed by atoms with Crippen LogP contribution < -0.4 is 15.5 Å². The van der Waals surface area contributed by atoms with Crippen molar-refractivity contribution in [3.8, 4) is 0 Å². The van der Waals surface area contributed by atoms with Crippen molar-refractivity contribution in [1.29, 1.82) is 0 Å². The van der Waals surface area contributed by atoms with Crippen LogP contribution in [0.2, 0.25) is 0 Å². The van der Waals surface area contributed by atoms with Gasteiger partial charge < -0.3 is 15.5 Å². The van der Waals surface area contributed by atoms with Gasteiger partial charge in [0.2, 0.25) is 5.91 Å². The van der Waals surface area contributed by atoms with Crippen molar-refractivity contribution in [3.05, 3.63) is 29.8 Å². The molecule has 1 aromatic carbocycles. The summed E-state index contributed by atoms with van der Waals surface area (Å²) in [5.74, 6) is 3.60. The Hall–Kier alpha value is -2.04. The Labute approximate surface area is 160 Å². The Bertz CT molecular complexity index is 732. The van der Waals surface area contributed by atoms with Crippen molar-refractivity contribution in [2.24, 2.45) is 23.7 Å². The van der Waals surface area contributed by atoms with Crippen LogP contribution in [-0.2, 0) is 11.3 Å². The smallest absolute Gasteiger partial charge is 0.315 e. The normalized spacial score (nSPS) is 34.1. The molecule has 0 radical (unpaired) electrons. The first-order valence-corrected chi connectivity index (χ1v) is 10.6. The minimum atomic E-state index is -0.0408. The van der Waals surface area contributed by atoms with Gasteiger partial charge in [0, 0.05) is 31.2 Å². The van der Waals surface area contributed by atoms with E-state index in [1.54, 1.807) is 0 Å². The number of carbonyl (C=O) groups excluding carboxylic acids is 2. The molecule has 0 spiro atoms. The van der Waals surface area contributed by atoms with Crippen molar-refractivity contribution in [1.82, 2.24) is 10.6 Å². The molecule has 5 nitrogen and oxygen atoms in total. The number of hydrogen-bond acceptors (Lipinski definition) is 2. The fraction of sp³-hybridized carbons (Fsp3) is 0.636. The van der Waals surface area contributed by atoms with E-state index in [9.17, 15) is 9.59 Å². The van der Waals surface area contributed by atoms with E-state index in [0.717, 1.165) is 42.0 Å². The second-order valence-corrected chi connectivity index (χ2v) is 8.90. The van der Waals surface area contributed by atoms with Gasteiger partial charge in [-0.1, -0.05) is 18.6 Å². The molecular formula is C22H29N3O2. The number of carbonyl (C=O) groups is 2. The minimum absolute atomic E-state index is 0.0408. The second kappa shape index (κ2) is 6.84. The first kappa shape index (κ1) is 17.1. The molecule has 27 heavy (non-hydrogen) atoms. The first-order chi connectivity index (χ1) is 13.2. The standard InChI is InChI=1S/C22H29N3O2/c26-21-5-2-10-25(21)16-8-6-14(7-9-16)13-23-22(27)24-20-12-15-11-19(20)18-4-1-3-17(15)18/h6-9,15,17-20H,1-5,10-13H2,(H2,23,24,27). The first-order valence-electron chi connectivity index (χ1n) is 10.6. The highest BCUT2D eigenvalue weighted by molar-refractivity contribution is 5.95. The van der Waals surface area contributed by atoms with Gasteiger partial charge in [-0.2, -0.15) is 0 Å². The lowest BCUT2D eigenvalue weighted by Gasteiger charge is -2.32. The van der Waals surface area contributed by atoms with E-state index < -0.39 is 0 Å². The molecule has 3 aliphatic carbocycles. The summed E-state index contributed by atoms with van der Waals surface area (Å²) in [6.07, 6.45) is 8.28. The number of nitrogens with zero attached hydrogens (tertiary/aromatic N) is 1. The molecule has 4 fully saturated rings. The molecule has 1 saturated heterocycles. The van der Waals surface area contributed by atoms with E-state index in [1.807, 2.05) is 29.2 Å². The Balaban J connectivity index is 1.12. The summed E-state index contributed by atoms with van der Waals surface area (Å²) in [6, 6.07) is 8.30. The highest BCUT2D eigenvalue weighted by Crippen LogP contribution is 2.58. The molecule has 4 aliphatic rings. The topological polar surface area (TPSA) is 61.4 Å². The molecule has 144 valence electrons. The van der Waals surface area contributed by atoms with E-state index in [-0.39, 0.29) is 11.9 Å². The summed E-state index contributed by atoms with van der Waals surface area (Å²) in [5.41, 5.74) is 2.02. The third-order valence-corrected chi connectivity index (χ3v) is 7.52. The second-order valence-electron chi connectivity index (χ2n) is 8.90. The van der Waals surface area contributed by atoms with E-state index in [1.165, 1.54) is 32.1 Å². The van der Waals surface area contributed by atoms with Crippen molar-refractivity contribution in [2.45, 2.75) is 57.5 Å². The van der Waals surface area contributed by atoms with E-state index >= 15 is 0 Å². The molecule has 5 unspecified atom stereocenters. The number of benzene rings is 1. The maximum absolute atomic E-state index is 12.4. The van der Waals surface area contributed by atoms with Crippen LogP contribution in [0, 0.1) is 23.7 Å². The zero-order chi connectivity index (χ0) is 18.4. The van der Waals surface area contributed by atoms with Gasteiger partial charge in [-0.15, -0.1) is 0 Å². The molecule has 3 saturated carbocycles. The quantitative estimate of drug-likeness (QED) is 0.856. The summed E-state index contributed by atoms with van der Waals surface area (Å²) < 4.78 is 0. The molecule has 1 heterocycles. The SMILES string of the molecule is O=C(NCc1ccc(N2CCCC2=O)cc1)NC1CC2CC1C1CCCC21. The van der Waals surface area contributed by atoms with Crippen LogP contribution in [0.25, 0.3) is 0 Å². The fourth-order valence-corrected chi connectivity index (χ4v) is 6.35. The number of urea groups is 1. The number of fused-ring (bicyclic) bond motifs is 5. The van der Waals surface area contributed by atoms with E-state index in [2.05, 4.69) is 10.6 Å². The lowest BCUT2D eigenvalue weighted by atomic mass is 9.79. The van der Waals surface area contributed by atoms with Gasteiger partial charge in [0.1, 0.15) is 0 Å². The monoisotopic (exact) mass is 367 g/mol. The van der Waals surface area contributed by atoms with Gasteiger partial charge in [0.15, 0.2) is 0 Å². The van der Waals surface area contributed by atoms with Gasteiger partial charge in [-0.05, 0) is 73.5 Å². The molecule has 5 rings (SSSR count). The van der Waals surface area contributed by atoms with Gasteiger partial charge in [-0.25, -0.2) is 4.79 Å². The van der Waals surface area contributed by atoms with Crippen molar-refractivity contribution in [2.75, 3.05) is 11.4 Å². The highest BCUT2D eigenvalue weighted by Gasteiger charge is 2.54. The van der Waals surface area contributed by atoms with Gasteiger partial charge in [0.05, 0.1) is 0 Å². The molecule has 5 atom stereocenters. The molecule has 1 aromatic rings. The zero-order valence-corrected chi connectivity index (χ0v) is 15.8. The number of nitrogens with one attached hydrogen (secondary N) is 2. The van der Waals surface area contributed by atoms with E-state index in [4.69, 9.17) is 0 Å². The van der Waals surface area contributed by atoms with Crippen LogP contribution in [0.3, 0.4) is 0 Å². The van der Waals surface area contributed by atoms with Crippen LogP contribution in [0.1, 0.15) is 50.5 Å². The maximum Gasteiger partial charge on any atom is 0.315 e. The third-order valence-electron chi connectivity index (χ3n) is 7.52. The van der Waals surface area contributed by atoms with Gasteiger partial charge >= 0.3 is 6.03 Å². The summed E-state index contributed by atoms with van der Waals surface area (Å²) in [7, 11) is 0. The lowest BCUT2D eigenvalue weighted by Crippen LogP contribution is -2.46. The minimum Gasteiger partial charge on any atom is -0.335 e. The van der Waals surface area contributed by atoms with Crippen molar-refractivity contribution in [3.63, 3.8) is 0 Å². The van der Waals surface area contributed by atoms with Crippen LogP contribution in [0.15, 0.2) is 24.3 Å². The number of hydrogen-bond donors (Lipinski definition) is 2. The van der Waals surface area contributed by atoms with Crippen LogP contribution in [0.5, 0.6) is 0 Å². The average Bonchev–Trinajstić information content (AvgIpc) is 3.42. The highest BCUT2D eigenvalue weighted by atomic mass is 16.2. The Morgan fingerprint density at radius 2 is 1.85 bits per heavy atom. The van der Waals surface area contributed by atoms with Crippen molar-refractivity contribution >= 4 is 17.6 Å². The molecule has 1 aliphatic heterocycles. The third kappa shape index (κ3) is 3.11. The largest absolute Gasteiger partial charge is 0.335 e. The van der Waals surface area contributed by atoms with Crippen molar-refractivity contribution < 1.29 is 9.59 Å². The molecule has 2 bridgehead atoms. The molecule has 3 amide bonds. The molecule has 0 aromatic heterocycles. The lowest BCUT2D eigenvalue weighted by molar-refractivity contribution is -0.117. The Kier molecular flexibility index (Phi) is 4.33. The Morgan fingerprint density at radius 1 is 1.04 bits per heavy atom. The molecular weight excluding hydrogens is 338 g/mol. The zero-order valence-electron chi connectivity index (χ0n) is 15.8. The van der Waals surface area contributed by atoms with Gasteiger partial charge in [0.25, 0.3) is 0 Å². The predicted molar refractivity (Wildman–Crippen MR) is 104 cm³/mol. The maximum atomic E-state index is 12.4. The van der Waals surface area contributed by atoms with Gasteiger partial charge in [-0.3, -0.25) is 4.79 Å². The van der Waals surface area contributed by atoms with Crippen LogP contribution in [0.4, 0.5) is 10.5 Å². The molecule has 2 N–H and O–H groups in total. The summed E-state index contributed by atoms with van der Waals surface area (Å²) >= 11 is 0. The Morgan fingerprint density at radius 3 is 2.63 bits per heavy atom. The van der Waals surface area contributed by atoms with Crippen LogP contribution in [-0.4, -0.2) is 24.5 Å². The summed E-state index contributed by atoms with van der Waals surface area (Å²) in [5, 5.41) is 6.26. The van der Waals surface area contributed by atoms with E-state index in [0.29, 0.717) is 24.9 Å². The summed E-state index contributed by atoms with van der Waals surface area (Å²) in [6.45, 7) is 1.33. The fourth-order valence-electron chi connectivity index (χ4n) is 6.35. The number of amides is 3. The van der Waals surface area contributed by atoms with Crippen LogP contribution >= 0.6 is 0 Å². The summed E-state index contributed by atoms with van der Waals surface area (Å²) in [4.78, 5) is 26.1. The molecule has 5 heteroatoms. The predicted octanol–water partition coefficient (Wildman–Crippen LogP) is 3.44. The average molecular weight is 367 g/mol. The number of rotatable bonds is 4.